The predicted molar refractivity (Wildman–Crippen MR) is 225 cm³/mol. The molecule has 2 aromatic heterocycles. The Hall–Kier alpha value is -4.52. The van der Waals surface area contributed by atoms with Gasteiger partial charge >= 0.3 is 16.2 Å². The maximum atomic E-state index is 15.2. The van der Waals surface area contributed by atoms with E-state index < -0.39 is 27.7 Å². The molecule has 0 radical (unpaired) electrons. The highest BCUT2D eigenvalue weighted by atomic mass is 35.5. The van der Waals surface area contributed by atoms with Gasteiger partial charge in [0.05, 0.1) is 16.3 Å². The molecule has 6 rings (SSSR count). The van der Waals surface area contributed by atoms with Crippen LogP contribution in [-0.4, -0.2) is 35.3 Å². The Labute approximate surface area is 339 Å². The van der Waals surface area contributed by atoms with E-state index in [0.29, 0.717) is 21.2 Å². The Bertz CT molecular complexity index is 2330. The summed E-state index contributed by atoms with van der Waals surface area (Å²) in [6.45, 7) is 15.3. The van der Waals surface area contributed by atoms with Crippen LogP contribution in [0.2, 0.25) is 5.02 Å². The zero-order valence-corrected chi connectivity index (χ0v) is 35.3. The maximum Gasteiger partial charge on any atom is 0.343 e. The lowest BCUT2D eigenvalue weighted by molar-refractivity contribution is -0.136. The van der Waals surface area contributed by atoms with Crippen LogP contribution in [0, 0.1) is 23.7 Å². The van der Waals surface area contributed by atoms with Gasteiger partial charge in [-0.15, -0.1) is 0 Å². The summed E-state index contributed by atoms with van der Waals surface area (Å²) in [5.41, 5.74) is 8.01. The van der Waals surface area contributed by atoms with Crippen molar-refractivity contribution in [3.8, 4) is 11.1 Å². The predicted octanol–water partition coefficient (Wildman–Crippen LogP) is 10.4. The molecule has 2 heterocycles. The van der Waals surface area contributed by atoms with E-state index in [9.17, 15) is 13.2 Å². The number of esters is 1. The van der Waals surface area contributed by atoms with Crippen LogP contribution in [-0.2, 0) is 14.9 Å². The summed E-state index contributed by atoms with van der Waals surface area (Å²) in [7, 11) is -4.37. The molecule has 0 saturated heterocycles. The van der Waals surface area contributed by atoms with Crippen molar-refractivity contribution in [2.45, 2.75) is 96.1 Å². The Morgan fingerprint density at radius 1 is 0.911 bits per heavy atom. The molecule has 0 bridgehead atoms. The van der Waals surface area contributed by atoms with Gasteiger partial charge < -0.3 is 10.5 Å². The molecular weight excluding hydrogens is 766 g/mol. The van der Waals surface area contributed by atoms with E-state index in [1.165, 1.54) is 18.0 Å². The zero-order valence-electron chi connectivity index (χ0n) is 32.9. The fourth-order valence-electron chi connectivity index (χ4n) is 8.80. The van der Waals surface area contributed by atoms with Crippen molar-refractivity contribution in [3.05, 3.63) is 107 Å². The number of benzene rings is 3. The summed E-state index contributed by atoms with van der Waals surface area (Å²) in [6, 6.07) is 23.3. The molecule has 0 atom stereocenters. The van der Waals surface area contributed by atoms with Crippen LogP contribution in [0.3, 0.4) is 0 Å². The molecule has 5 aromatic rings. The summed E-state index contributed by atoms with van der Waals surface area (Å²) < 4.78 is 39.2. The number of nitrogens with two attached hydrogens (primary N) is 1. The summed E-state index contributed by atoms with van der Waals surface area (Å²) >= 11 is 7.75. The average Bonchev–Trinajstić information content (AvgIpc) is 3.40. The second kappa shape index (κ2) is 15.8. The quantitative estimate of drug-likeness (QED) is 0.118. The van der Waals surface area contributed by atoms with Crippen molar-refractivity contribution < 1.29 is 22.7 Å². The normalized spacial score (nSPS) is 14.8. The Morgan fingerprint density at radius 2 is 1.52 bits per heavy atom. The molecule has 13 heteroatoms. The van der Waals surface area contributed by atoms with Crippen molar-refractivity contribution >= 4 is 62.6 Å². The second-order valence-electron chi connectivity index (χ2n) is 16.8. The number of anilines is 2. The molecule has 0 aliphatic heterocycles. The molecular formula is C43H50ClN5O5S2. The SMILES string of the molecule is Cc1ccc(Sc2c(-c3ccc(Cl)cc3)c(C(=O)OC3(C(C(C)(C)C)C(C)(C)C)CCCCC3)c3nc(N)c(C(=O)NS(=O)(=O)Nc4ccccc4)cn23)cc1. The highest BCUT2D eigenvalue weighted by Gasteiger charge is 2.53. The maximum absolute atomic E-state index is 15.2. The lowest BCUT2D eigenvalue weighted by Crippen LogP contribution is -2.54. The van der Waals surface area contributed by atoms with Gasteiger partial charge in [-0.05, 0) is 85.4 Å². The standard InChI is InChI=1S/C43H50ClN5O5S2/c1-27-16-22-31(23-17-27)55-38-33(28-18-20-29(44)21-19-28)34(39(51)54-43(24-12-9-13-25-43)40(41(2,3)4)42(5,6)7)36-46-35(45)32(26-49(36)38)37(50)48-56(52,53)47-30-14-10-8-11-15-30/h8,10-11,14-23,26,40,47H,9,12-13,24-25H2,1-7H3,(H2,45,46)(H,48,50). The van der Waals surface area contributed by atoms with Crippen LogP contribution in [0.4, 0.5) is 11.5 Å². The Morgan fingerprint density at radius 3 is 2.11 bits per heavy atom. The number of carbonyl (C=O) groups is 2. The van der Waals surface area contributed by atoms with Gasteiger partial charge in [0.2, 0.25) is 0 Å². The third-order valence-electron chi connectivity index (χ3n) is 10.2. The molecule has 0 spiro atoms. The lowest BCUT2D eigenvalue weighted by atomic mass is 9.56. The van der Waals surface area contributed by atoms with E-state index in [-0.39, 0.29) is 45.0 Å². The van der Waals surface area contributed by atoms with Crippen molar-refractivity contribution in [2.75, 3.05) is 10.5 Å². The number of rotatable bonds is 10. The molecule has 1 saturated carbocycles. The highest BCUT2D eigenvalue weighted by molar-refractivity contribution is 7.99. The first-order valence-electron chi connectivity index (χ1n) is 18.8. The lowest BCUT2D eigenvalue weighted by Gasteiger charge is -2.54. The van der Waals surface area contributed by atoms with E-state index in [1.54, 1.807) is 46.9 Å². The number of para-hydroxylation sites is 1. The Kier molecular flexibility index (Phi) is 11.6. The summed E-state index contributed by atoms with van der Waals surface area (Å²) in [5.74, 6) is -1.82. The van der Waals surface area contributed by atoms with Crippen LogP contribution in [0.15, 0.2) is 95.0 Å². The van der Waals surface area contributed by atoms with Gasteiger partial charge in [-0.25, -0.2) is 14.5 Å². The van der Waals surface area contributed by atoms with Crippen LogP contribution >= 0.6 is 23.4 Å². The van der Waals surface area contributed by atoms with Crippen molar-refractivity contribution in [1.82, 2.24) is 14.1 Å². The largest absolute Gasteiger partial charge is 0.455 e. The topological polar surface area (TPSA) is 145 Å². The fourth-order valence-corrected chi connectivity index (χ4v) is 10.8. The number of nitrogens with one attached hydrogen (secondary N) is 2. The van der Waals surface area contributed by atoms with E-state index in [4.69, 9.17) is 27.1 Å². The fraction of sp³-hybridized carbons (Fsp3) is 0.372. The molecule has 1 fully saturated rings. The van der Waals surface area contributed by atoms with Gasteiger partial charge in [0, 0.05) is 27.6 Å². The van der Waals surface area contributed by atoms with Crippen molar-refractivity contribution in [3.63, 3.8) is 0 Å². The number of fused-ring (bicyclic) bond motifs is 1. The van der Waals surface area contributed by atoms with Crippen molar-refractivity contribution in [2.24, 2.45) is 16.7 Å². The summed E-state index contributed by atoms with van der Waals surface area (Å²) in [6.07, 6.45) is 5.78. The average molecular weight is 816 g/mol. The van der Waals surface area contributed by atoms with Crippen LogP contribution in [0.1, 0.15) is 99.9 Å². The summed E-state index contributed by atoms with van der Waals surface area (Å²) in [5, 5.41) is 1.06. The number of amides is 1. The van der Waals surface area contributed by atoms with Gasteiger partial charge in [0.15, 0.2) is 5.65 Å². The molecule has 56 heavy (non-hydrogen) atoms. The molecule has 1 amide bonds. The third-order valence-corrected chi connectivity index (χ3v) is 12.5. The molecule has 1 aliphatic carbocycles. The number of nitrogen functional groups attached to an aromatic ring is 1. The smallest absolute Gasteiger partial charge is 0.343 e. The monoisotopic (exact) mass is 815 g/mol. The summed E-state index contributed by atoms with van der Waals surface area (Å²) in [4.78, 5) is 34.5. The first kappa shape index (κ1) is 41.1. The van der Waals surface area contributed by atoms with Gasteiger partial charge in [0.1, 0.15) is 17.0 Å². The second-order valence-corrected chi connectivity index (χ2v) is 19.7. The minimum atomic E-state index is -4.37. The van der Waals surface area contributed by atoms with Gasteiger partial charge in [-0.1, -0.05) is 119 Å². The van der Waals surface area contributed by atoms with E-state index in [1.807, 2.05) is 43.3 Å². The number of hydrogen-bond donors (Lipinski definition) is 3. The number of aromatic nitrogens is 2. The molecule has 0 unspecified atom stereocenters. The van der Waals surface area contributed by atoms with Gasteiger partial charge in [-0.3, -0.25) is 13.9 Å². The molecule has 4 N–H and O–H groups in total. The van der Waals surface area contributed by atoms with Crippen LogP contribution in [0.5, 0.6) is 0 Å². The number of ether oxygens (including phenoxy) is 1. The number of carbonyl (C=O) groups excluding carboxylic acids is 2. The first-order chi connectivity index (χ1) is 26.3. The van der Waals surface area contributed by atoms with Gasteiger partial charge in [0.25, 0.3) is 5.91 Å². The molecule has 1 aliphatic rings. The molecule has 296 valence electrons. The third kappa shape index (κ3) is 8.87. The minimum Gasteiger partial charge on any atom is -0.455 e. The van der Waals surface area contributed by atoms with Crippen molar-refractivity contribution in [1.29, 1.82) is 0 Å². The number of nitrogens with zero attached hydrogens (tertiary/aromatic N) is 2. The van der Waals surface area contributed by atoms with E-state index >= 15 is 4.79 Å². The number of hydrogen-bond acceptors (Lipinski definition) is 8. The number of halogens is 1. The molecule has 3 aromatic carbocycles. The molecule has 10 nitrogen and oxygen atoms in total. The highest BCUT2D eigenvalue weighted by Crippen LogP contribution is 2.54. The van der Waals surface area contributed by atoms with Crippen LogP contribution < -0.4 is 15.2 Å². The zero-order chi connectivity index (χ0) is 40.6. The van der Waals surface area contributed by atoms with Crippen LogP contribution in [0.25, 0.3) is 16.8 Å². The number of aryl methyl sites for hydroxylation is 1. The van der Waals surface area contributed by atoms with E-state index in [2.05, 4.69) is 51.0 Å². The Balaban J connectivity index is 1.57. The van der Waals surface area contributed by atoms with Gasteiger partial charge in [-0.2, -0.15) is 8.42 Å². The first-order valence-corrected chi connectivity index (χ1v) is 21.4. The minimum absolute atomic E-state index is 0.000729. The van der Waals surface area contributed by atoms with E-state index in [0.717, 1.165) is 42.6 Å².